The van der Waals surface area contributed by atoms with E-state index in [-0.39, 0.29) is 6.10 Å². The van der Waals surface area contributed by atoms with Crippen LogP contribution in [0.1, 0.15) is 55.4 Å². The Morgan fingerprint density at radius 2 is 1.94 bits per heavy atom. The van der Waals surface area contributed by atoms with Crippen LogP contribution in [0.3, 0.4) is 0 Å². The Labute approximate surface area is 194 Å². The van der Waals surface area contributed by atoms with Crippen LogP contribution in [0.25, 0.3) is 0 Å². The summed E-state index contributed by atoms with van der Waals surface area (Å²) < 4.78 is 49.5. The van der Waals surface area contributed by atoms with E-state index in [2.05, 4.69) is 0 Å². The van der Waals surface area contributed by atoms with Gasteiger partial charge in [0.1, 0.15) is 23.2 Å². The molecular formula is C25H25F3O4S. The molecule has 0 radical (unpaired) electrons. The molecule has 2 aliphatic rings. The summed E-state index contributed by atoms with van der Waals surface area (Å²) in [5.74, 6) is 1.27. The summed E-state index contributed by atoms with van der Waals surface area (Å²) in [5.41, 5.74) is 1.97. The lowest BCUT2D eigenvalue weighted by atomic mass is 9.84. The normalized spacial score (nSPS) is 19.7. The van der Waals surface area contributed by atoms with Gasteiger partial charge in [-0.2, -0.15) is 13.2 Å². The minimum absolute atomic E-state index is 0.318. The van der Waals surface area contributed by atoms with Gasteiger partial charge in [-0.25, -0.2) is 0 Å². The number of carboxylic acids is 1. The molecule has 176 valence electrons. The molecule has 33 heavy (non-hydrogen) atoms. The number of aliphatic carboxylic acids is 1. The van der Waals surface area contributed by atoms with Gasteiger partial charge in [0.15, 0.2) is 0 Å². The SMILES string of the molecule is CC1=C(COc2cccc(CSC3(C(=O)O)CCC3)c2)CC(c2ccc(C(F)(F)F)cc2)O1. The number of alkyl halides is 3. The molecule has 4 nitrogen and oxygen atoms in total. The molecule has 1 unspecified atom stereocenters. The van der Waals surface area contributed by atoms with Crippen LogP contribution in [0.15, 0.2) is 59.9 Å². The van der Waals surface area contributed by atoms with Crippen molar-refractivity contribution in [2.75, 3.05) is 6.61 Å². The zero-order valence-corrected chi connectivity index (χ0v) is 19.0. The van der Waals surface area contributed by atoms with Crippen molar-refractivity contribution in [1.82, 2.24) is 0 Å². The monoisotopic (exact) mass is 478 g/mol. The first-order valence-corrected chi connectivity index (χ1v) is 11.8. The van der Waals surface area contributed by atoms with E-state index in [0.29, 0.717) is 42.9 Å². The largest absolute Gasteiger partial charge is 0.490 e. The van der Waals surface area contributed by atoms with Crippen LogP contribution in [0.2, 0.25) is 0 Å². The molecule has 1 aliphatic heterocycles. The van der Waals surface area contributed by atoms with Crippen molar-refractivity contribution in [2.45, 2.75) is 55.4 Å². The lowest BCUT2D eigenvalue weighted by Crippen LogP contribution is -2.41. The first kappa shape index (κ1) is 23.5. The Morgan fingerprint density at radius 3 is 2.55 bits per heavy atom. The summed E-state index contributed by atoms with van der Waals surface area (Å²) in [4.78, 5) is 11.5. The zero-order valence-electron chi connectivity index (χ0n) is 18.2. The minimum atomic E-state index is -4.36. The smallest absolute Gasteiger partial charge is 0.416 e. The first-order chi connectivity index (χ1) is 15.7. The highest BCUT2D eigenvalue weighted by molar-refractivity contribution is 8.00. The maximum absolute atomic E-state index is 12.8. The molecule has 1 atom stereocenters. The van der Waals surface area contributed by atoms with E-state index in [1.807, 2.05) is 31.2 Å². The van der Waals surface area contributed by atoms with Gasteiger partial charge in [-0.1, -0.05) is 24.3 Å². The van der Waals surface area contributed by atoms with Gasteiger partial charge in [0.2, 0.25) is 0 Å². The van der Waals surface area contributed by atoms with E-state index in [1.54, 1.807) is 0 Å². The Balaban J connectivity index is 1.32. The van der Waals surface area contributed by atoms with Crippen molar-refractivity contribution < 1.29 is 32.5 Å². The van der Waals surface area contributed by atoms with Gasteiger partial charge in [-0.3, -0.25) is 4.79 Å². The van der Waals surface area contributed by atoms with Gasteiger partial charge >= 0.3 is 12.1 Å². The van der Waals surface area contributed by atoms with Crippen LogP contribution < -0.4 is 4.74 Å². The van der Waals surface area contributed by atoms with Crippen molar-refractivity contribution in [3.8, 4) is 5.75 Å². The maximum Gasteiger partial charge on any atom is 0.416 e. The molecule has 2 aromatic carbocycles. The molecule has 0 bridgehead atoms. The number of allylic oxidation sites excluding steroid dienone is 1. The molecule has 0 aromatic heterocycles. The second-order valence-corrected chi connectivity index (χ2v) is 9.83. The van der Waals surface area contributed by atoms with Crippen LogP contribution >= 0.6 is 11.8 Å². The third kappa shape index (κ3) is 5.32. The predicted octanol–water partition coefficient (Wildman–Crippen LogP) is 6.76. The Bertz CT molecular complexity index is 1040. The summed E-state index contributed by atoms with van der Waals surface area (Å²) in [7, 11) is 0. The highest BCUT2D eigenvalue weighted by Gasteiger charge is 2.44. The molecule has 0 saturated heterocycles. The van der Waals surface area contributed by atoms with Crippen molar-refractivity contribution in [1.29, 1.82) is 0 Å². The second kappa shape index (κ2) is 9.33. The molecule has 1 aliphatic carbocycles. The lowest BCUT2D eigenvalue weighted by Gasteiger charge is -2.36. The average Bonchev–Trinajstić information content (AvgIpc) is 3.11. The van der Waals surface area contributed by atoms with Crippen LogP contribution in [-0.2, 0) is 21.5 Å². The van der Waals surface area contributed by atoms with Gasteiger partial charge in [0, 0.05) is 17.7 Å². The Hall–Kier alpha value is -2.61. The average molecular weight is 479 g/mol. The maximum atomic E-state index is 12.8. The van der Waals surface area contributed by atoms with E-state index < -0.39 is 22.5 Å². The molecule has 8 heteroatoms. The quantitative estimate of drug-likeness (QED) is 0.454. The number of hydrogen-bond donors (Lipinski definition) is 1. The van der Waals surface area contributed by atoms with Gasteiger partial charge < -0.3 is 14.6 Å². The second-order valence-electron chi connectivity index (χ2n) is 8.47. The third-order valence-corrected chi connectivity index (χ3v) is 7.85. The number of carbonyl (C=O) groups is 1. The number of carboxylic acid groups (broad SMARTS) is 1. The molecule has 1 fully saturated rings. The fraction of sp³-hybridized carbons (Fsp3) is 0.400. The Morgan fingerprint density at radius 1 is 1.21 bits per heavy atom. The Kier molecular flexibility index (Phi) is 6.66. The van der Waals surface area contributed by atoms with Crippen LogP contribution in [0.4, 0.5) is 13.2 Å². The van der Waals surface area contributed by atoms with Crippen molar-refractivity contribution in [2.24, 2.45) is 0 Å². The molecule has 4 rings (SSSR count). The van der Waals surface area contributed by atoms with E-state index in [4.69, 9.17) is 9.47 Å². The molecule has 0 spiro atoms. The first-order valence-electron chi connectivity index (χ1n) is 10.8. The van der Waals surface area contributed by atoms with Gasteiger partial charge in [-0.15, -0.1) is 11.8 Å². The third-order valence-electron chi connectivity index (χ3n) is 6.24. The highest BCUT2D eigenvalue weighted by atomic mass is 32.2. The number of benzene rings is 2. The van der Waals surface area contributed by atoms with E-state index >= 15 is 0 Å². The fourth-order valence-electron chi connectivity index (χ4n) is 3.97. The van der Waals surface area contributed by atoms with Crippen molar-refractivity contribution in [3.05, 3.63) is 76.6 Å². The number of thioether (sulfide) groups is 1. The predicted molar refractivity (Wildman–Crippen MR) is 120 cm³/mol. The molecule has 1 N–H and O–H groups in total. The van der Waals surface area contributed by atoms with Crippen molar-refractivity contribution >= 4 is 17.7 Å². The summed E-state index contributed by atoms with van der Waals surface area (Å²) in [5, 5.41) is 9.49. The minimum Gasteiger partial charge on any atom is -0.490 e. The van der Waals surface area contributed by atoms with E-state index in [0.717, 1.165) is 35.4 Å². The number of halogens is 3. The summed E-state index contributed by atoms with van der Waals surface area (Å²) in [6.45, 7) is 2.15. The van der Waals surface area contributed by atoms with Crippen molar-refractivity contribution in [3.63, 3.8) is 0 Å². The lowest BCUT2D eigenvalue weighted by molar-refractivity contribution is -0.142. The molecular weight excluding hydrogens is 453 g/mol. The number of rotatable bonds is 8. The van der Waals surface area contributed by atoms with Crippen LogP contribution in [-0.4, -0.2) is 22.4 Å². The molecule has 1 heterocycles. The van der Waals surface area contributed by atoms with E-state index in [1.165, 1.54) is 23.9 Å². The topological polar surface area (TPSA) is 55.8 Å². The number of ether oxygens (including phenoxy) is 2. The number of hydrogen-bond acceptors (Lipinski definition) is 4. The highest BCUT2D eigenvalue weighted by Crippen LogP contribution is 2.46. The van der Waals surface area contributed by atoms with Crippen LogP contribution in [0, 0.1) is 0 Å². The van der Waals surface area contributed by atoms with Gasteiger partial charge in [-0.05, 0) is 61.6 Å². The van der Waals surface area contributed by atoms with Gasteiger partial charge in [0.05, 0.1) is 11.3 Å². The van der Waals surface area contributed by atoms with Crippen LogP contribution in [0.5, 0.6) is 5.75 Å². The molecule has 0 amide bonds. The standard InChI is InChI=1S/C25H25F3O4S/c1-16-19(13-22(32-16)18-6-8-20(9-7-18)25(26,27)28)14-31-21-5-2-4-17(12-21)15-33-24(23(29)30)10-3-11-24/h2,4-9,12,22H,3,10-11,13-15H2,1H3,(H,29,30). The summed E-state index contributed by atoms with van der Waals surface area (Å²) in [6.07, 6.45) is -1.78. The fourth-order valence-corrected chi connectivity index (χ4v) is 5.30. The zero-order chi connectivity index (χ0) is 23.6. The van der Waals surface area contributed by atoms with E-state index in [9.17, 15) is 23.1 Å². The van der Waals surface area contributed by atoms with Gasteiger partial charge in [0.25, 0.3) is 0 Å². The molecule has 1 saturated carbocycles. The summed E-state index contributed by atoms with van der Waals surface area (Å²) >= 11 is 1.47. The molecule has 2 aromatic rings. The summed E-state index contributed by atoms with van der Waals surface area (Å²) in [6, 6.07) is 12.7.